The molecule has 2 saturated carbocycles. The first-order valence-corrected chi connectivity index (χ1v) is 9.73. The Bertz CT molecular complexity index is 308. The van der Waals surface area contributed by atoms with Gasteiger partial charge in [0.15, 0.2) is 0 Å². The van der Waals surface area contributed by atoms with Gasteiger partial charge in [0.1, 0.15) is 0 Å². The summed E-state index contributed by atoms with van der Waals surface area (Å²) in [5.74, 6) is 3.24. The summed E-state index contributed by atoms with van der Waals surface area (Å²) in [5, 5.41) is 9.16. The van der Waals surface area contributed by atoms with Crippen LogP contribution in [0.1, 0.15) is 96.8 Å². The van der Waals surface area contributed by atoms with Gasteiger partial charge in [-0.05, 0) is 43.4 Å². The van der Waals surface area contributed by atoms with E-state index >= 15 is 0 Å². The van der Waals surface area contributed by atoms with Crippen LogP contribution in [0.3, 0.4) is 0 Å². The molecule has 0 aromatic rings. The number of hydrogen-bond donors (Lipinski definition) is 0. The molecule has 0 saturated heterocycles. The highest BCUT2D eigenvalue weighted by atomic mass is 14.4. The lowest BCUT2D eigenvalue weighted by Crippen LogP contribution is -2.26. The van der Waals surface area contributed by atoms with E-state index in [-0.39, 0.29) is 0 Å². The van der Waals surface area contributed by atoms with E-state index in [0.29, 0.717) is 5.92 Å². The van der Waals surface area contributed by atoms with Gasteiger partial charge in [0.25, 0.3) is 0 Å². The molecule has 0 amide bonds. The molecular weight excluding hydrogens is 254 g/mol. The number of nitrogens with zero attached hydrogens (tertiary/aromatic N) is 1. The Morgan fingerprint density at radius 2 is 1.62 bits per heavy atom. The van der Waals surface area contributed by atoms with Crippen LogP contribution in [0.2, 0.25) is 0 Å². The highest BCUT2D eigenvalue weighted by Crippen LogP contribution is 2.42. The van der Waals surface area contributed by atoms with Crippen LogP contribution in [-0.4, -0.2) is 0 Å². The molecule has 2 aliphatic rings. The Labute approximate surface area is 132 Å². The largest absolute Gasteiger partial charge is 0.198 e. The molecule has 2 fully saturated rings. The van der Waals surface area contributed by atoms with Crippen molar-refractivity contribution >= 4 is 0 Å². The molecule has 0 aromatic heterocycles. The quantitative estimate of drug-likeness (QED) is 0.492. The maximum Gasteiger partial charge on any atom is 0.0655 e. The average molecular weight is 290 g/mol. The molecule has 2 aliphatic carbocycles. The molecule has 2 atom stereocenters. The summed E-state index contributed by atoms with van der Waals surface area (Å²) >= 11 is 0. The van der Waals surface area contributed by atoms with Gasteiger partial charge >= 0.3 is 0 Å². The fraction of sp³-hybridized carbons (Fsp3) is 0.950. The minimum atomic E-state index is 0.375. The van der Waals surface area contributed by atoms with Crippen LogP contribution in [0, 0.1) is 35.0 Å². The van der Waals surface area contributed by atoms with E-state index in [9.17, 15) is 0 Å². The fourth-order valence-corrected chi connectivity index (χ4v) is 4.76. The number of unbranched alkanes of at least 4 members (excludes halogenated alkanes) is 4. The summed E-state index contributed by atoms with van der Waals surface area (Å²) in [6.45, 7) is 2.30. The van der Waals surface area contributed by atoms with Crippen LogP contribution < -0.4 is 0 Å². The monoisotopic (exact) mass is 289 g/mol. The van der Waals surface area contributed by atoms with Crippen molar-refractivity contribution in [2.24, 2.45) is 23.7 Å². The molecular formula is C20H35N. The number of rotatable bonds is 7. The first-order valence-electron chi connectivity index (χ1n) is 9.73. The molecule has 1 heteroatoms. The second kappa shape index (κ2) is 9.50. The average Bonchev–Trinajstić information content (AvgIpc) is 2.55. The molecule has 0 N–H and O–H groups in total. The van der Waals surface area contributed by atoms with Gasteiger partial charge in [-0.15, -0.1) is 0 Å². The highest BCUT2D eigenvalue weighted by Gasteiger charge is 2.31. The first-order chi connectivity index (χ1) is 10.3. The van der Waals surface area contributed by atoms with Gasteiger partial charge in [0.2, 0.25) is 0 Å². The van der Waals surface area contributed by atoms with Gasteiger partial charge in [-0.1, -0.05) is 71.1 Å². The second-order valence-electron chi connectivity index (χ2n) is 7.74. The van der Waals surface area contributed by atoms with Gasteiger partial charge in [-0.25, -0.2) is 0 Å². The Hall–Kier alpha value is -0.510. The molecule has 0 radical (unpaired) electrons. The molecule has 0 aromatic carbocycles. The van der Waals surface area contributed by atoms with Crippen LogP contribution in [0.25, 0.3) is 0 Å². The van der Waals surface area contributed by atoms with Crippen LogP contribution in [0.4, 0.5) is 0 Å². The first kappa shape index (κ1) is 16.9. The van der Waals surface area contributed by atoms with E-state index in [2.05, 4.69) is 13.0 Å². The molecule has 120 valence electrons. The Kier molecular flexibility index (Phi) is 7.62. The third-order valence-corrected chi connectivity index (χ3v) is 6.17. The zero-order valence-electron chi connectivity index (χ0n) is 14.2. The van der Waals surface area contributed by atoms with Crippen molar-refractivity contribution in [3.8, 4) is 6.07 Å². The third-order valence-electron chi connectivity index (χ3n) is 6.17. The van der Waals surface area contributed by atoms with Crippen molar-refractivity contribution in [2.75, 3.05) is 0 Å². The Morgan fingerprint density at radius 1 is 0.857 bits per heavy atom. The van der Waals surface area contributed by atoms with Gasteiger partial charge in [-0.2, -0.15) is 5.26 Å². The van der Waals surface area contributed by atoms with E-state index in [0.717, 1.165) is 17.8 Å². The zero-order valence-corrected chi connectivity index (χ0v) is 14.2. The SMILES string of the molecule is CCCCCCCC1CCC(C2CCCC(C#N)C2)CC1. The van der Waals surface area contributed by atoms with Crippen molar-refractivity contribution in [1.82, 2.24) is 0 Å². The minimum Gasteiger partial charge on any atom is -0.198 e. The predicted molar refractivity (Wildman–Crippen MR) is 89.9 cm³/mol. The van der Waals surface area contributed by atoms with Crippen LogP contribution in [0.15, 0.2) is 0 Å². The smallest absolute Gasteiger partial charge is 0.0655 e. The van der Waals surface area contributed by atoms with Gasteiger partial charge < -0.3 is 0 Å². The van der Waals surface area contributed by atoms with Crippen molar-refractivity contribution in [2.45, 2.75) is 96.8 Å². The molecule has 2 rings (SSSR count). The summed E-state index contributed by atoms with van der Waals surface area (Å²) < 4.78 is 0. The summed E-state index contributed by atoms with van der Waals surface area (Å²) in [4.78, 5) is 0. The standard InChI is InChI=1S/C20H35N/c1-2-3-4-5-6-8-17-11-13-19(14-12-17)20-10-7-9-18(15-20)16-21/h17-20H,2-15H2,1H3. The lowest BCUT2D eigenvalue weighted by atomic mass is 9.68. The second-order valence-corrected chi connectivity index (χ2v) is 7.74. The van der Waals surface area contributed by atoms with E-state index in [1.807, 2.05) is 0 Å². The lowest BCUT2D eigenvalue weighted by molar-refractivity contribution is 0.149. The number of nitriles is 1. The van der Waals surface area contributed by atoms with Gasteiger partial charge in [0.05, 0.1) is 6.07 Å². The maximum absolute atomic E-state index is 9.16. The lowest BCUT2D eigenvalue weighted by Gasteiger charge is -2.37. The van der Waals surface area contributed by atoms with Crippen molar-refractivity contribution in [3.05, 3.63) is 0 Å². The molecule has 0 spiro atoms. The van der Waals surface area contributed by atoms with Crippen LogP contribution in [-0.2, 0) is 0 Å². The summed E-state index contributed by atoms with van der Waals surface area (Å²) in [6, 6.07) is 2.53. The van der Waals surface area contributed by atoms with Crippen LogP contribution >= 0.6 is 0 Å². The van der Waals surface area contributed by atoms with E-state index in [1.54, 1.807) is 0 Å². The Morgan fingerprint density at radius 3 is 2.33 bits per heavy atom. The summed E-state index contributed by atoms with van der Waals surface area (Å²) in [7, 11) is 0. The molecule has 2 unspecified atom stereocenters. The normalized spacial score (nSPS) is 33.5. The molecule has 0 heterocycles. The third kappa shape index (κ3) is 5.65. The molecule has 1 nitrogen and oxygen atoms in total. The van der Waals surface area contributed by atoms with E-state index in [4.69, 9.17) is 5.26 Å². The topological polar surface area (TPSA) is 23.8 Å². The minimum absolute atomic E-state index is 0.375. The van der Waals surface area contributed by atoms with E-state index in [1.165, 1.54) is 89.9 Å². The summed E-state index contributed by atoms with van der Waals surface area (Å²) in [5.41, 5.74) is 0. The van der Waals surface area contributed by atoms with Gasteiger partial charge in [0, 0.05) is 5.92 Å². The molecule has 0 bridgehead atoms. The molecule has 0 aliphatic heterocycles. The van der Waals surface area contributed by atoms with Crippen molar-refractivity contribution in [1.29, 1.82) is 5.26 Å². The van der Waals surface area contributed by atoms with Gasteiger partial charge in [-0.3, -0.25) is 0 Å². The zero-order chi connectivity index (χ0) is 14.9. The fourth-order valence-electron chi connectivity index (χ4n) is 4.76. The highest BCUT2D eigenvalue weighted by molar-refractivity contribution is 4.90. The molecule has 21 heavy (non-hydrogen) atoms. The van der Waals surface area contributed by atoms with E-state index < -0.39 is 0 Å². The van der Waals surface area contributed by atoms with Crippen molar-refractivity contribution in [3.63, 3.8) is 0 Å². The van der Waals surface area contributed by atoms with Crippen molar-refractivity contribution < 1.29 is 0 Å². The maximum atomic E-state index is 9.16. The number of hydrogen-bond acceptors (Lipinski definition) is 1. The Balaban J connectivity index is 1.60. The summed E-state index contributed by atoms with van der Waals surface area (Å²) in [6.07, 6.45) is 19.6. The van der Waals surface area contributed by atoms with Crippen LogP contribution in [0.5, 0.6) is 0 Å². The predicted octanol–water partition coefficient (Wildman–Crippen LogP) is 6.48.